The van der Waals surface area contributed by atoms with Crippen molar-refractivity contribution in [2.75, 3.05) is 13.2 Å². The first kappa shape index (κ1) is 14.0. The van der Waals surface area contributed by atoms with Gasteiger partial charge in [0.15, 0.2) is 0 Å². The Labute approximate surface area is 113 Å². The average molecular weight is 263 g/mol. The maximum absolute atomic E-state index is 11.6. The molecule has 1 aromatic carbocycles. The number of hydrogen-bond acceptors (Lipinski definition) is 3. The Morgan fingerprint density at radius 3 is 2.89 bits per heavy atom. The number of benzene rings is 1. The van der Waals surface area contributed by atoms with E-state index in [4.69, 9.17) is 4.74 Å². The molecule has 1 aliphatic heterocycles. The van der Waals surface area contributed by atoms with Crippen LogP contribution in [-0.4, -0.2) is 30.3 Å². The van der Waals surface area contributed by atoms with Crippen LogP contribution in [0.15, 0.2) is 30.3 Å². The molecule has 1 fully saturated rings. The molecule has 2 N–H and O–H groups in total. The van der Waals surface area contributed by atoms with Crippen LogP contribution in [0.2, 0.25) is 0 Å². The van der Waals surface area contributed by atoms with E-state index in [1.165, 1.54) is 0 Å². The molecule has 1 saturated heterocycles. The summed E-state index contributed by atoms with van der Waals surface area (Å²) in [5, 5.41) is 12.8. The van der Waals surface area contributed by atoms with Gasteiger partial charge in [-0.25, -0.2) is 0 Å². The lowest BCUT2D eigenvalue weighted by Gasteiger charge is -2.13. The van der Waals surface area contributed by atoms with Crippen LogP contribution >= 0.6 is 0 Å². The van der Waals surface area contributed by atoms with Crippen molar-refractivity contribution in [1.82, 2.24) is 5.32 Å². The van der Waals surface area contributed by atoms with Crippen LogP contribution in [0.4, 0.5) is 0 Å². The molecule has 0 bridgehead atoms. The minimum atomic E-state index is -0.524. The molecule has 1 amide bonds. The lowest BCUT2D eigenvalue weighted by molar-refractivity contribution is -0.123. The van der Waals surface area contributed by atoms with Gasteiger partial charge in [-0.2, -0.15) is 0 Å². The van der Waals surface area contributed by atoms with E-state index in [0.717, 1.165) is 25.0 Å². The normalized spacial score (nSPS) is 20.2. The quantitative estimate of drug-likeness (QED) is 0.822. The molecule has 1 aromatic rings. The SMILES string of the molecule is O=C(CC1CCCO1)NCCC(O)c1ccccc1. The van der Waals surface area contributed by atoms with Gasteiger partial charge in [-0.05, 0) is 24.8 Å². The lowest BCUT2D eigenvalue weighted by atomic mass is 10.1. The van der Waals surface area contributed by atoms with Crippen LogP contribution in [-0.2, 0) is 9.53 Å². The number of rotatable bonds is 6. The Morgan fingerprint density at radius 1 is 1.42 bits per heavy atom. The van der Waals surface area contributed by atoms with Crippen molar-refractivity contribution in [2.24, 2.45) is 0 Å². The van der Waals surface area contributed by atoms with Gasteiger partial charge in [0.05, 0.1) is 18.6 Å². The molecule has 0 radical (unpaired) electrons. The maximum atomic E-state index is 11.6. The predicted molar refractivity (Wildman–Crippen MR) is 72.6 cm³/mol. The smallest absolute Gasteiger partial charge is 0.222 e. The summed E-state index contributed by atoms with van der Waals surface area (Å²) in [7, 11) is 0. The van der Waals surface area contributed by atoms with Crippen molar-refractivity contribution in [3.05, 3.63) is 35.9 Å². The summed E-state index contributed by atoms with van der Waals surface area (Å²) in [5.74, 6) is 0.00663. The lowest BCUT2D eigenvalue weighted by Crippen LogP contribution is -2.28. The highest BCUT2D eigenvalue weighted by Gasteiger charge is 2.18. The molecule has 4 heteroatoms. The van der Waals surface area contributed by atoms with Gasteiger partial charge in [-0.15, -0.1) is 0 Å². The number of amides is 1. The highest BCUT2D eigenvalue weighted by atomic mass is 16.5. The molecule has 0 spiro atoms. The van der Waals surface area contributed by atoms with E-state index >= 15 is 0 Å². The maximum Gasteiger partial charge on any atom is 0.222 e. The molecule has 2 rings (SSSR count). The predicted octanol–water partition coefficient (Wildman–Crippen LogP) is 1.80. The first-order valence-corrected chi connectivity index (χ1v) is 6.87. The van der Waals surface area contributed by atoms with Gasteiger partial charge in [0.1, 0.15) is 0 Å². The molecule has 1 aliphatic rings. The number of carbonyl (C=O) groups is 1. The van der Waals surface area contributed by atoms with Crippen LogP contribution in [0.5, 0.6) is 0 Å². The molecule has 2 unspecified atom stereocenters. The van der Waals surface area contributed by atoms with Crippen LogP contribution in [0.1, 0.15) is 37.4 Å². The summed E-state index contributed by atoms with van der Waals surface area (Å²) >= 11 is 0. The third kappa shape index (κ3) is 4.65. The minimum absolute atomic E-state index is 0.00663. The summed E-state index contributed by atoms with van der Waals surface area (Å²) in [6.45, 7) is 1.26. The molecule has 0 aliphatic carbocycles. The van der Waals surface area contributed by atoms with Crippen molar-refractivity contribution in [3.8, 4) is 0 Å². The summed E-state index contributed by atoms with van der Waals surface area (Å²) < 4.78 is 5.41. The Kier molecular flexibility index (Phi) is 5.36. The van der Waals surface area contributed by atoms with E-state index in [9.17, 15) is 9.90 Å². The standard InChI is InChI=1S/C15H21NO3/c17-14(12-5-2-1-3-6-12)8-9-16-15(18)11-13-7-4-10-19-13/h1-3,5-6,13-14,17H,4,7-11H2,(H,16,18). The zero-order chi connectivity index (χ0) is 13.5. The van der Waals surface area contributed by atoms with E-state index < -0.39 is 6.10 Å². The molecular weight excluding hydrogens is 242 g/mol. The van der Waals surface area contributed by atoms with E-state index in [0.29, 0.717) is 19.4 Å². The molecule has 1 heterocycles. The van der Waals surface area contributed by atoms with Gasteiger partial charge in [0.25, 0.3) is 0 Å². The van der Waals surface area contributed by atoms with Gasteiger partial charge < -0.3 is 15.2 Å². The second-order valence-corrected chi connectivity index (χ2v) is 4.90. The topological polar surface area (TPSA) is 58.6 Å². The number of ether oxygens (including phenoxy) is 1. The van der Waals surface area contributed by atoms with E-state index in [2.05, 4.69) is 5.32 Å². The summed E-state index contributed by atoms with van der Waals surface area (Å²) in [4.78, 5) is 11.6. The molecule has 0 aromatic heterocycles. The summed E-state index contributed by atoms with van der Waals surface area (Å²) in [6.07, 6.45) is 2.54. The Bertz CT molecular complexity index is 388. The largest absolute Gasteiger partial charge is 0.388 e. The fraction of sp³-hybridized carbons (Fsp3) is 0.533. The summed E-state index contributed by atoms with van der Waals surface area (Å²) in [6, 6.07) is 9.49. The molecule has 104 valence electrons. The van der Waals surface area contributed by atoms with Crippen molar-refractivity contribution in [1.29, 1.82) is 0 Å². The van der Waals surface area contributed by atoms with Crippen LogP contribution in [0, 0.1) is 0 Å². The van der Waals surface area contributed by atoms with Gasteiger partial charge in [-0.1, -0.05) is 30.3 Å². The molecule has 0 saturated carbocycles. The summed E-state index contributed by atoms with van der Waals surface area (Å²) in [5.41, 5.74) is 0.885. The third-order valence-corrected chi connectivity index (χ3v) is 3.36. The van der Waals surface area contributed by atoms with Gasteiger partial charge in [0, 0.05) is 13.2 Å². The second kappa shape index (κ2) is 7.26. The van der Waals surface area contributed by atoms with Crippen molar-refractivity contribution >= 4 is 5.91 Å². The number of aliphatic hydroxyl groups excluding tert-OH is 1. The number of aliphatic hydroxyl groups is 1. The van der Waals surface area contributed by atoms with E-state index in [1.807, 2.05) is 30.3 Å². The molecule has 19 heavy (non-hydrogen) atoms. The first-order chi connectivity index (χ1) is 9.25. The molecular formula is C15H21NO3. The van der Waals surface area contributed by atoms with Crippen molar-refractivity contribution in [2.45, 2.75) is 37.9 Å². The average Bonchev–Trinajstić information content (AvgIpc) is 2.92. The zero-order valence-electron chi connectivity index (χ0n) is 11.0. The minimum Gasteiger partial charge on any atom is -0.388 e. The Balaban J connectivity index is 1.64. The number of hydrogen-bond donors (Lipinski definition) is 2. The highest BCUT2D eigenvalue weighted by Crippen LogP contribution is 2.16. The first-order valence-electron chi connectivity index (χ1n) is 6.87. The fourth-order valence-electron chi connectivity index (χ4n) is 2.27. The van der Waals surface area contributed by atoms with Crippen LogP contribution in [0.3, 0.4) is 0 Å². The van der Waals surface area contributed by atoms with Crippen LogP contribution < -0.4 is 5.32 Å². The Hall–Kier alpha value is -1.39. The molecule has 2 atom stereocenters. The zero-order valence-corrected chi connectivity index (χ0v) is 11.0. The fourth-order valence-corrected chi connectivity index (χ4v) is 2.27. The number of carbonyl (C=O) groups excluding carboxylic acids is 1. The van der Waals surface area contributed by atoms with Crippen molar-refractivity contribution < 1.29 is 14.6 Å². The second-order valence-electron chi connectivity index (χ2n) is 4.90. The Morgan fingerprint density at radius 2 is 2.21 bits per heavy atom. The van der Waals surface area contributed by atoms with E-state index in [1.54, 1.807) is 0 Å². The van der Waals surface area contributed by atoms with Gasteiger partial charge in [0.2, 0.25) is 5.91 Å². The van der Waals surface area contributed by atoms with E-state index in [-0.39, 0.29) is 12.0 Å². The monoisotopic (exact) mass is 263 g/mol. The van der Waals surface area contributed by atoms with Crippen LogP contribution in [0.25, 0.3) is 0 Å². The highest BCUT2D eigenvalue weighted by molar-refractivity contribution is 5.76. The van der Waals surface area contributed by atoms with Gasteiger partial charge >= 0.3 is 0 Å². The number of nitrogens with one attached hydrogen (secondary N) is 1. The molecule has 4 nitrogen and oxygen atoms in total. The van der Waals surface area contributed by atoms with Gasteiger partial charge in [-0.3, -0.25) is 4.79 Å². The third-order valence-electron chi connectivity index (χ3n) is 3.36. The van der Waals surface area contributed by atoms with Crippen molar-refractivity contribution in [3.63, 3.8) is 0 Å².